The number of nitrogens with zero attached hydrogens (tertiary/aromatic N) is 1. The van der Waals surface area contributed by atoms with Gasteiger partial charge in [-0.1, -0.05) is 0 Å². The summed E-state index contributed by atoms with van der Waals surface area (Å²) in [5, 5.41) is 9.18. The Morgan fingerprint density at radius 2 is 1.89 bits per heavy atom. The molecule has 0 amide bonds. The van der Waals surface area contributed by atoms with Gasteiger partial charge in [-0.25, -0.2) is 0 Å². The highest BCUT2D eigenvalue weighted by atomic mass is 16.3. The highest BCUT2D eigenvalue weighted by molar-refractivity contribution is 5.97. The number of benzene rings is 1. The maximum atomic E-state index is 12.0. The van der Waals surface area contributed by atoms with Crippen LogP contribution in [0.2, 0.25) is 0 Å². The van der Waals surface area contributed by atoms with Gasteiger partial charge in [0.05, 0.1) is 13.1 Å². The zero-order chi connectivity index (χ0) is 13.8. The van der Waals surface area contributed by atoms with E-state index in [1.54, 1.807) is 12.1 Å². The lowest BCUT2D eigenvalue weighted by Crippen LogP contribution is -2.25. The van der Waals surface area contributed by atoms with Crippen molar-refractivity contribution >= 4 is 5.78 Å². The van der Waals surface area contributed by atoms with Crippen LogP contribution in [-0.2, 0) is 6.54 Å². The first-order valence-electron chi connectivity index (χ1n) is 6.10. The van der Waals surface area contributed by atoms with E-state index in [-0.39, 0.29) is 11.5 Å². The van der Waals surface area contributed by atoms with E-state index in [4.69, 9.17) is 4.42 Å². The van der Waals surface area contributed by atoms with Crippen molar-refractivity contribution in [2.75, 3.05) is 13.6 Å². The summed E-state index contributed by atoms with van der Waals surface area (Å²) in [6.45, 7) is 2.80. The molecular weight excluding hydrogens is 242 g/mol. The quantitative estimate of drug-likeness (QED) is 0.839. The van der Waals surface area contributed by atoms with Crippen molar-refractivity contribution in [2.24, 2.45) is 0 Å². The van der Waals surface area contributed by atoms with Crippen molar-refractivity contribution < 1.29 is 14.3 Å². The fraction of sp³-hybridized carbons (Fsp3) is 0.267. The number of carbonyl (C=O) groups excluding carboxylic acids is 1. The Labute approximate surface area is 112 Å². The molecule has 1 heterocycles. The van der Waals surface area contributed by atoms with Crippen LogP contribution in [0.25, 0.3) is 0 Å². The summed E-state index contributed by atoms with van der Waals surface area (Å²) in [7, 11) is 1.87. The summed E-state index contributed by atoms with van der Waals surface area (Å²) < 4.78 is 5.47. The fourth-order valence-corrected chi connectivity index (χ4v) is 1.88. The Bertz CT molecular complexity index is 557. The first kappa shape index (κ1) is 13.4. The van der Waals surface area contributed by atoms with E-state index in [1.807, 2.05) is 31.0 Å². The number of hydrogen-bond acceptors (Lipinski definition) is 4. The Kier molecular flexibility index (Phi) is 4.02. The second kappa shape index (κ2) is 5.71. The van der Waals surface area contributed by atoms with Crippen molar-refractivity contribution in [2.45, 2.75) is 13.5 Å². The molecule has 100 valence electrons. The van der Waals surface area contributed by atoms with Crippen LogP contribution in [0.5, 0.6) is 5.75 Å². The summed E-state index contributed by atoms with van der Waals surface area (Å²) >= 11 is 0. The molecule has 1 aromatic heterocycles. The molecule has 0 aliphatic rings. The number of hydrogen-bond donors (Lipinski definition) is 1. The summed E-state index contributed by atoms with van der Waals surface area (Å²) in [5.74, 6) is 1.90. The standard InChI is InChI=1S/C15H17NO3/c1-11-3-8-14(19-11)9-16(2)10-15(18)12-4-6-13(17)7-5-12/h3-8,17H,9-10H2,1-2H3. The molecular formula is C15H17NO3. The van der Waals surface area contributed by atoms with Crippen molar-refractivity contribution in [3.63, 3.8) is 0 Å². The summed E-state index contributed by atoms with van der Waals surface area (Å²) in [5.41, 5.74) is 0.597. The number of phenols is 1. The molecule has 1 N–H and O–H groups in total. The third-order valence-corrected chi connectivity index (χ3v) is 2.82. The summed E-state index contributed by atoms with van der Waals surface area (Å²) in [4.78, 5) is 13.9. The Balaban J connectivity index is 1.93. The van der Waals surface area contributed by atoms with Gasteiger partial charge in [0.2, 0.25) is 0 Å². The third kappa shape index (κ3) is 3.69. The molecule has 4 nitrogen and oxygen atoms in total. The molecule has 2 rings (SSSR count). The SMILES string of the molecule is Cc1ccc(CN(C)CC(=O)c2ccc(O)cc2)o1. The predicted octanol–water partition coefficient (Wildman–Crippen LogP) is 2.61. The number of Topliss-reactive ketones (excluding diaryl/α,β-unsaturated/α-hetero) is 1. The van der Waals surface area contributed by atoms with Crippen LogP contribution in [0, 0.1) is 6.92 Å². The van der Waals surface area contributed by atoms with Gasteiger partial charge in [0.1, 0.15) is 17.3 Å². The van der Waals surface area contributed by atoms with Crippen molar-refractivity contribution in [1.82, 2.24) is 4.90 Å². The van der Waals surface area contributed by atoms with Gasteiger partial charge in [-0.2, -0.15) is 0 Å². The molecule has 2 aromatic rings. The molecule has 1 aromatic carbocycles. The summed E-state index contributed by atoms with van der Waals surface area (Å²) in [6.07, 6.45) is 0. The average molecular weight is 259 g/mol. The number of ketones is 1. The van der Waals surface area contributed by atoms with Crippen LogP contribution in [0.1, 0.15) is 21.9 Å². The third-order valence-electron chi connectivity index (χ3n) is 2.82. The lowest BCUT2D eigenvalue weighted by atomic mass is 10.1. The fourth-order valence-electron chi connectivity index (χ4n) is 1.88. The van der Waals surface area contributed by atoms with Crippen molar-refractivity contribution in [3.8, 4) is 5.75 Å². The van der Waals surface area contributed by atoms with Crippen LogP contribution in [-0.4, -0.2) is 29.4 Å². The molecule has 4 heteroatoms. The van der Waals surface area contributed by atoms with Gasteiger partial charge in [0.25, 0.3) is 0 Å². The van der Waals surface area contributed by atoms with Gasteiger partial charge in [0.15, 0.2) is 5.78 Å². The highest BCUT2D eigenvalue weighted by Gasteiger charge is 2.11. The molecule has 0 unspecified atom stereocenters. The molecule has 0 fully saturated rings. The second-order valence-corrected chi connectivity index (χ2v) is 4.65. The van der Waals surface area contributed by atoms with Crippen LogP contribution >= 0.6 is 0 Å². The number of likely N-dealkylation sites (N-methyl/N-ethyl adjacent to an activating group) is 1. The van der Waals surface area contributed by atoms with Crippen LogP contribution < -0.4 is 0 Å². The Morgan fingerprint density at radius 1 is 1.21 bits per heavy atom. The zero-order valence-electron chi connectivity index (χ0n) is 11.1. The van der Waals surface area contributed by atoms with Gasteiger partial charge >= 0.3 is 0 Å². The summed E-state index contributed by atoms with van der Waals surface area (Å²) in [6, 6.07) is 10.1. The van der Waals surface area contributed by atoms with Crippen LogP contribution in [0.15, 0.2) is 40.8 Å². The van der Waals surface area contributed by atoms with Crippen LogP contribution in [0.4, 0.5) is 0 Å². The van der Waals surface area contributed by atoms with Gasteiger partial charge < -0.3 is 9.52 Å². The molecule has 0 radical (unpaired) electrons. The lowest BCUT2D eigenvalue weighted by molar-refractivity contribution is 0.0939. The monoisotopic (exact) mass is 259 g/mol. The van der Waals surface area contributed by atoms with Gasteiger partial charge in [0, 0.05) is 5.56 Å². The number of rotatable bonds is 5. The lowest BCUT2D eigenvalue weighted by Gasteiger charge is -2.14. The number of phenolic OH excluding ortho intramolecular Hbond substituents is 1. The molecule has 0 saturated heterocycles. The average Bonchev–Trinajstić information content (AvgIpc) is 2.75. The molecule has 0 saturated carbocycles. The number of aromatic hydroxyl groups is 1. The maximum Gasteiger partial charge on any atom is 0.176 e. The normalized spacial score (nSPS) is 10.9. The Hall–Kier alpha value is -2.07. The predicted molar refractivity (Wildman–Crippen MR) is 72.2 cm³/mol. The van der Waals surface area contributed by atoms with E-state index in [9.17, 15) is 9.90 Å². The van der Waals surface area contributed by atoms with Crippen molar-refractivity contribution in [3.05, 3.63) is 53.5 Å². The van der Waals surface area contributed by atoms with E-state index in [0.29, 0.717) is 18.7 Å². The van der Waals surface area contributed by atoms with E-state index < -0.39 is 0 Å². The molecule has 0 atom stereocenters. The largest absolute Gasteiger partial charge is 0.508 e. The molecule has 0 bridgehead atoms. The zero-order valence-corrected chi connectivity index (χ0v) is 11.1. The smallest absolute Gasteiger partial charge is 0.176 e. The molecule has 0 aliphatic carbocycles. The Morgan fingerprint density at radius 3 is 2.47 bits per heavy atom. The minimum Gasteiger partial charge on any atom is -0.508 e. The maximum absolute atomic E-state index is 12.0. The number of furan rings is 1. The number of aryl methyl sites for hydroxylation is 1. The minimum atomic E-state index is 0.0192. The topological polar surface area (TPSA) is 53.7 Å². The van der Waals surface area contributed by atoms with E-state index in [2.05, 4.69) is 0 Å². The van der Waals surface area contributed by atoms with Gasteiger partial charge in [-0.05, 0) is 50.4 Å². The second-order valence-electron chi connectivity index (χ2n) is 4.65. The van der Waals surface area contributed by atoms with E-state index in [0.717, 1.165) is 11.5 Å². The van der Waals surface area contributed by atoms with Gasteiger partial charge in [-0.3, -0.25) is 9.69 Å². The van der Waals surface area contributed by atoms with E-state index >= 15 is 0 Å². The molecule has 19 heavy (non-hydrogen) atoms. The van der Waals surface area contributed by atoms with E-state index in [1.165, 1.54) is 12.1 Å². The first-order valence-corrected chi connectivity index (χ1v) is 6.10. The van der Waals surface area contributed by atoms with Crippen LogP contribution in [0.3, 0.4) is 0 Å². The minimum absolute atomic E-state index is 0.0192. The number of carbonyl (C=O) groups is 1. The first-order chi connectivity index (χ1) is 9.04. The highest BCUT2D eigenvalue weighted by Crippen LogP contribution is 2.12. The van der Waals surface area contributed by atoms with Crippen molar-refractivity contribution in [1.29, 1.82) is 0 Å². The molecule has 0 aliphatic heterocycles. The molecule has 0 spiro atoms. The van der Waals surface area contributed by atoms with Gasteiger partial charge in [-0.15, -0.1) is 0 Å².